The van der Waals surface area contributed by atoms with Gasteiger partial charge in [-0.1, -0.05) is 0 Å². The molecule has 1 amide bonds. The van der Waals surface area contributed by atoms with E-state index in [1.165, 1.54) is 62.6 Å². The van der Waals surface area contributed by atoms with E-state index >= 15 is 0 Å². The molecule has 0 aromatic heterocycles. The fourth-order valence-corrected chi connectivity index (χ4v) is 4.00. The van der Waals surface area contributed by atoms with Crippen molar-refractivity contribution in [2.45, 2.75) is 22.8 Å². The standard InChI is InChI=1S/C18H21N3O8S2/c1-12(21-31(26,27)16-9-5-14(28-2)6-10-16)18(23)29-11-17(22)20-13-3-7-15(8-4-13)30(19,24)25/h3-10,12,21H,11H2,1-2H3,(H,20,22)(H2,19,24,25)/t12-/m0/s1. The van der Waals surface area contributed by atoms with Crippen LogP contribution in [0.1, 0.15) is 6.92 Å². The lowest BCUT2D eigenvalue weighted by Crippen LogP contribution is -2.40. The monoisotopic (exact) mass is 471 g/mol. The molecule has 4 N–H and O–H groups in total. The van der Waals surface area contributed by atoms with Gasteiger partial charge < -0.3 is 14.8 Å². The van der Waals surface area contributed by atoms with Crippen LogP contribution in [0.4, 0.5) is 5.69 Å². The summed E-state index contributed by atoms with van der Waals surface area (Å²) < 4.78 is 59.0. The van der Waals surface area contributed by atoms with Crippen LogP contribution < -0.4 is 19.9 Å². The van der Waals surface area contributed by atoms with E-state index in [9.17, 15) is 26.4 Å². The van der Waals surface area contributed by atoms with E-state index in [2.05, 4.69) is 10.0 Å². The summed E-state index contributed by atoms with van der Waals surface area (Å²) in [4.78, 5) is 23.7. The molecule has 2 aromatic rings. The van der Waals surface area contributed by atoms with Crippen molar-refractivity contribution in [3.05, 3.63) is 48.5 Å². The van der Waals surface area contributed by atoms with Crippen LogP contribution in [0.15, 0.2) is 58.3 Å². The van der Waals surface area contributed by atoms with Crippen molar-refractivity contribution < 1.29 is 35.9 Å². The zero-order chi connectivity index (χ0) is 23.2. The molecular weight excluding hydrogens is 450 g/mol. The number of nitrogens with one attached hydrogen (secondary N) is 2. The van der Waals surface area contributed by atoms with Gasteiger partial charge in [-0.15, -0.1) is 0 Å². The molecule has 0 aliphatic heterocycles. The van der Waals surface area contributed by atoms with Gasteiger partial charge >= 0.3 is 5.97 Å². The third kappa shape index (κ3) is 7.03. The van der Waals surface area contributed by atoms with Crippen LogP contribution in [0, 0.1) is 0 Å². The Balaban J connectivity index is 1.88. The lowest BCUT2D eigenvalue weighted by molar-refractivity contribution is -0.148. The van der Waals surface area contributed by atoms with Crippen LogP contribution in [0.3, 0.4) is 0 Å². The largest absolute Gasteiger partial charge is 0.497 e. The molecule has 11 nitrogen and oxygen atoms in total. The molecule has 0 heterocycles. The van der Waals surface area contributed by atoms with Gasteiger partial charge in [-0.25, -0.2) is 22.0 Å². The first kappa shape index (κ1) is 24.3. The molecule has 0 saturated carbocycles. The highest BCUT2D eigenvalue weighted by Gasteiger charge is 2.23. The number of anilines is 1. The van der Waals surface area contributed by atoms with Gasteiger partial charge in [0.15, 0.2) is 6.61 Å². The molecule has 0 fully saturated rings. The normalized spacial score (nSPS) is 12.6. The summed E-state index contributed by atoms with van der Waals surface area (Å²) in [5.41, 5.74) is 0.252. The number of benzene rings is 2. The van der Waals surface area contributed by atoms with Gasteiger partial charge in [-0.2, -0.15) is 4.72 Å². The molecular formula is C18H21N3O8S2. The zero-order valence-electron chi connectivity index (χ0n) is 16.6. The second-order valence-corrected chi connectivity index (χ2v) is 9.52. The molecule has 31 heavy (non-hydrogen) atoms. The van der Waals surface area contributed by atoms with E-state index < -0.39 is 44.6 Å². The Morgan fingerprint density at radius 2 is 1.52 bits per heavy atom. The Morgan fingerprint density at radius 1 is 0.968 bits per heavy atom. The van der Waals surface area contributed by atoms with E-state index in [0.29, 0.717) is 5.75 Å². The van der Waals surface area contributed by atoms with Crippen molar-refractivity contribution in [3.63, 3.8) is 0 Å². The van der Waals surface area contributed by atoms with Gasteiger partial charge in [0.2, 0.25) is 20.0 Å². The maximum absolute atomic E-state index is 12.3. The first-order chi connectivity index (χ1) is 14.4. The molecule has 0 bridgehead atoms. The minimum atomic E-state index is -4.00. The van der Waals surface area contributed by atoms with Gasteiger partial charge in [0.1, 0.15) is 11.8 Å². The maximum Gasteiger partial charge on any atom is 0.324 e. The van der Waals surface area contributed by atoms with Crippen molar-refractivity contribution in [3.8, 4) is 5.75 Å². The second kappa shape index (κ2) is 9.87. The number of esters is 1. The topological polar surface area (TPSA) is 171 Å². The number of methoxy groups -OCH3 is 1. The number of amides is 1. The van der Waals surface area contributed by atoms with Crippen molar-refractivity contribution in [1.29, 1.82) is 0 Å². The highest BCUT2D eigenvalue weighted by molar-refractivity contribution is 7.89. The second-order valence-electron chi connectivity index (χ2n) is 6.24. The lowest BCUT2D eigenvalue weighted by Gasteiger charge is -2.14. The number of carbonyl (C=O) groups excluding carboxylic acids is 2. The molecule has 13 heteroatoms. The van der Waals surface area contributed by atoms with E-state index in [1.807, 2.05) is 0 Å². The van der Waals surface area contributed by atoms with Crippen molar-refractivity contribution in [2.75, 3.05) is 19.0 Å². The Morgan fingerprint density at radius 3 is 2.03 bits per heavy atom. The predicted octanol–water partition coefficient (Wildman–Crippen LogP) is 0.191. The average molecular weight is 472 g/mol. The average Bonchev–Trinajstić information content (AvgIpc) is 2.71. The molecule has 2 rings (SSSR count). The molecule has 1 atom stereocenters. The van der Waals surface area contributed by atoms with Gasteiger partial charge in [-0.3, -0.25) is 9.59 Å². The van der Waals surface area contributed by atoms with E-state index in [1.54, 1.807) is 0 Å². The first-order valence-electron chi connectivity index (χ1n) is 8.68. The first-order valence-corrected chi connectivity index (χ1v) is 11.7. The van der Waals surface area contributed by atoms with Gasteiger partial charge in [0.25, 0.3) is 5.91 Å². The molecule has 0 aliphatic carbocycles. The van der Waals surface area contributed by atoms with Crippen LogP contribution in [-0.4, -0.2) is 48.5 Å². The maximum atomic E-state index is 12.3. The van der Waals surface area contributed by atoms with Crippen molar-refractivity contribution in [2.24, 2.45) is 5.14 Å². The summed E-state index contributed by atoms with van der Waals surface area (Å²) in [6, 6.07) is 9.31. The number of hydrogen-bond acceptors (Lipinski definition) is 8. The third-order valence-corrected chi connectivity index (χ3v) is 6.35. The van der Waals surface area contributed by atoms with Crippen LogP contribution in [-0.2, 0) is 34.4 Å². The quantitative estimate of drug-likeness (QED) is 0.435. The smallest absolute Gasteiger partial charge is 0.324 e. The Hall–Kier alpha value is -3.00. The minimum Gasteiger partial charge on any atom is -0.497 e. The number of carbonyl (C=O) groups is 2. The molecule has 0 unspecified atom stereocenters. The van der Waals surface area contributed by atoms with Crippen LogP contribution in [0.25, 0.3) is 0 Å². The molecule has 0 aliphatic rings. The molecule has 0 radical (unpaired) electrons. The van der Waals surface area contributed by atoms with Crippen LogP contribution in [0.2, 0.25) is 0 Å². The summed E-state index contributed by atoms with van der Waals surface area (Å²) in [6.07, 6.45) is 0. The molecule has 2 aromatic carbocycles. The number of nitrogens with two attached hydrogens (primary N) is 1. The highest BCUT2D eigenvalue weighted by Crippen LogP contribution is 2.16. The lowest BCUT2D eigenvalue weighted by atomic mass is 10.3. The number of hydrogen-bond donors (Lipinski definition) is 3. The summed E-state index contributed by atoms with van der Waals surface area (Å²) in [7, 11) is -6.42. The molecule has 0 saturated heterocycles. The Bertz CT molecular complexity index is 1150. The molecule has 0 spiro atoms. The summed E-state index contributed by atoms with van der Waals surface area (Å²) in [6.45, 7) is 0.595. The summed E-state index contributed by atoms with van der Waals surface area (Å²) in [5.74, 6) is -1.20. The third-order valence-electron chi connectivity index (χ3n) is 3.87. The van der Waals surface area contributed by atoms with Crippen LogP contribution in [0.5, 0.6) is 5.75 Å². The zero-order valence-corrected chi connectivity index (χ0v) is 18.2. The van der Waals surface area contributed by atoms with E-state index in [-0.39, 0.29) is 15.5 Å². The molecule has 168 valence electrons. The Kier molecular flexibility index (Phi) is 7.73. The van der Waals surface area contributed by atoms with Gasteiger partial charge in [0, 0.05) is 5.69 Å². The summed E-state index contributed by atoms with van der Waals surface area (Å²) >= 11 is 0. The van der Waals surface area contributed by atoms with Gasteiger partial charge in [0.05, 0.1) is 16.9 Å². The SMILES string of the molecule is COc1ccc(S(=O)(=O)N[C@@H](C)C(=O)OCC(=O)Nc2ccc(S(N)(=O)=O)cc2)cc1. The summed E-state index contributed by atoms with van der Waals surface area (Å²) in [5, 5.41) is 7.38. The fraction of sp³-hybridized carbons (Fsp3) is 0.222. The predicted molar refractivity (Wildman–Crippen MR) is 110 cm³/mol. The number of primary sulfonamides is 1. The highest BCUT2D eigenvalue weighted by atomic mass is 32.2. The van der Waals surface area contributed by atoms with E-state index in [4.69, 9.17) is 14.6 Å². The number of sulfonamides is 2. The minimum absolute atomic E-state index is 0.0753. The number of ether oxygens (including phenoxy) is 2. The van der Waals surface area contributed by atoms with Crippen molar-refractivity contribution >= 4 is 37.6 Å². The van der Waals surface area contributed by atoms with Gasteiger partial charge in [-0.05, 0) is 55.5 Å². The van der Waals surface area contributed by atoms with Crippen LogP contribution >= 0.6 is 0 Å². The van der Waals surface area contributed by atoms with Crippen molar-refractivity contribution in [1.82, 2.24) is 4.72 Å². The van der Waals surface area contributed by atoms with E-state index in [0.717, 1.165) is 0 Å². The Labute approximate surface area is 179 Å². The number of rotatable bonds is 9. The fourth-order valence-electron chi connectivity index (χ4n) is 2.29.